The Morgan fingerprint density at radius 2 is 0.923 bits per heavy atom. The molecule has 0 rings (SSSR count). The van der Waals surface area contributed by atoms with Crippen molar-refractivity contribution in [1.29, 1.82) is 0 Å². The van der Waals surface area contributed by atoms with Crippen LogP contribution in [0.4, 0.5) is 0 Å². The summed E-state index contributed by atoms with van der Waals surface area (Å²) in [6.07, 6.45) is 20.5. The van der Waals surface area contributed by atoms with Gasteiger partial charge in [-0.1, -0.05) is 96.8 Å². The van der Waals surface area contributed by atoms with E-state index in [1.807, 2.05) is 0 Å². The first-order valence-corrected chi connectivity index (χ1v) is 11.7. The minimum Gasteiger partial charge on any atom is -0.748 e. The number of hydrogen-bond acceptors (Lipinski definition) is 5. The third-order valence-corrected chi connectivity index (χ3v) is 3.98. The van der Waals surface area contributed by atoms with E-state index in [9.17, 15) is 9.90 Å². The van der Waals surface area contributed by atoms with Gasteiger partial charge in [0.25, 0.3) is 0 Å². The van der Waals surface area contributed by atoms with Crippen LogP contribution >= 0.6 is 0 Å². The third kappa shape index (κ3) is 44.0. The molecule has 0 bridgehead atoms. The molecule has 0 spiro atoms. The van der Waals surface area contributed by atoms with E-state index in [1.54, 1.807) is 0 Å². The predicted molar refractivity (Wildman–Crippen MR) is 106 cm³/mol. The third-order valence-electron chi connectivity index (χ3n) is 3.98. The van der Waals surface area contributed by atoms with E-state index in [2.05, 4.69) is 6.92 Å². The number of carbonyl (C=O) groups excluding carboxylic acids is 1. The number of rotatable bonds is 16. The first-order chi connectivity index (χ1) is 11.8. The normalized spacial score (nSPS) is 10.6. The van der Waals surface area contributed by atoms with E-state index in [4.69, 9.17) is 13.0 Å². The fourth-order valence-electron chi connectivity index (χ4n) is 2.64. The number of unbranched alkanes of at least 4 members (excludes halogenated alkanes) is 14. The maximum Gasteiger partial charge on any atom is 2.00 e. The molecular weight excluding hydrogens is 365 g/mol. The van der Waals surface area contributed by atoms with Crippen LogP contribution in [0.2, 0.25) is 0 Å². The number of aliphatic carboxylic acids is 1. The van der Waals surface area contributed by atoms with Gasteiger partial charge in [0.05, 0.1) is 10.1 Å². The molecule has 5 nitrogen and oxygen atoms in total. The van der Waals surface area contributed by atoms with Gasteiger partial charge in [-0.3, -0.25) is 0 Å². The monoisotopic (exact) mass is 402 g/mol. The van der Waals surface area contributed by atoms with Crippen molar-refractivity contribution in [2.75, 3.05) is 6.26 Å². The summed E-state index contributed by atoms with van der Waals surface area (Å²) in [6, 6.07) is 0. The van der Waals surface area contributed by atoms with Crippen LogP contribution in [-0.4, -0.2) is 48.2 Å². The largest absolute Gasteiger partial charge is 2.00 e. The van der Waals surface area contributed by atoms with Gasteiger partial charge in [0.1, 0.15) is 0 Å². The van der Waals surface area contributed by atoms with Crippen molar-refractivity contribution in [2.24, 2.45) is 0 Å². The quantitative estimate of drug-likeness (QED) is 0.222. The van der Waals surface area contributed by atoms with E-state index in [0.717, 1.165) is 12.8 Å². The number of hydrogen-bond donors (Lipinski definition) is 0. The Balaban J connectivity index is -0.000000772. The van der Waals surface area contributed by atoms with Gasteiger partial charge in [0.15, 0.2) is 0 Å². The van der Waals surface area contributed by atoms with E-state index < -0.39 is 16.1 Å². The molecule has 0 radical (unpaired) electrons. The van der Waals surface area contributed by atoms with E-state index in [0.29, 0.717) is 6.26 Å². The maximum absolute atomic E-state index is 10.2. The van der Waals surface area contributed by atoms with Crippen molar-refractivity contribution in [3.8, 4) is 0 Å². The summed E-state index contributed by atoms with van der Waals surface area (Å²) in [5.74, 6) is -0.903. The fraction of sp³-hybridized carbons (Fsp3) is 0.947. The van der Waals surface area contributed by atoms with Gasteiger partial charge in [0.2, 0.25) is 0 Å². The van der Waals surface area contributed by atoms with Crippen molar-refractivity contribution in [2.45, 2.75) is 110 Å². The van der Waals surface area contributed by atoms with Crippen molar-refractivity contribution < 1.29 is 22.9 Å². The summed E-state index contributed by atoms with van der Waals surface area (Å²) < 4.78 is 27.2. The average Bonchev–Trinajstić information content (AvgIpc) is 2.49. The van der Waals surface area contributed by atoms with Crippen LogP contribution in [0.15, 0.2) is 0 Å². The van der Waals surface area contributed by atoms with Gasteiger partial charge in [0, 0.05) is 12.2 Å². The Morgan fingerprint density at radius 3 is 1.15 bits per heavy atom. The first-order valence-electron chi connectivity index (χ1n) is 9.88. The number of carboxylic acid groups (broad SMARTS) is 1. The van der Waals surface area contributed by atoms with Gasteiger partial charge in [-0.25, -0.2) is 8.42 Å². The van der Waals surface area contributed by atoms with Crippen LogP contribution in [0.5, 0.6) is 0 Å². The molecule has 0 amide bonds. The van der Waals surface area contributed by atoms with Gasteiger partial charge in [-0.2, -0.15) is 0 Å². The number of carboxylic acids is 1. The van der Waals surface area contributed by atoms with E-state index >= 15 is 0 Å². The van der Waals surface area contributed by atoms with Crippen LogP contribution in [0.3, 0.4) is 0 Å². The molecule has 0 heterocycles. The summed E-state index contributed by atoms with van der Waals surface area (Å²) in [7, 11) is -3.92. The Morgan fingerprint density at radius 1 is 0.692 bits per heavy atom. The topological polar surface area (TPSA) is 97.3 Å². The zero-order chi connectivity index (χ0) is 19.4. The van der Waals surface area contributed by atoms with Crippen LogP contribution in [0.1, 0.15) is 110 Å². The summed E-state index contributed by atoms with van der Waals surface area (Å²) in [5.41, 5.74) is 0. The second kappa shape index (κ2) is 23.2. The summed E-state index contributed by atoms with van der Waals surface area (Å²) in [6.45, 7) is 2.27. The number of carbonyl (C=O) groups is 1. The molecule has 0 aromatic heterocycles. The molecule has 0 aliphatic carbocycles. The molecule has 0 aromatic carbocycles. The molecule has 0 saturated carbocycles. The molecule has 0 aliphatic heterocycles. The molecule has 0 N–H and O–H groups in total. The Kier molecular flexibility index (Phi) is 27.5. The molecule has 7 heteroatoms. The van der Waals surface area contributed by atoms with Crippen molar-refractivity contribution in [1.82, 2.24) is 0 Å². The first kappa shape index (κ1) is 30.9. The molecule has 152 valence electrons. The molecular formula is C19H38MgO5S. The summed E-state index contributed by atoms with van der Waals surface area (Å²) >= 11 is 0. The zero-order valence-electron chi connectivity index (χ0n) is 17.0. The van der Waals surface area contributed by atoms with E-state index in [1.165, 1.54) is 83.5 Å². The minimum atomic E-state index is -3.92. The van der Waals surface area contributed by atoms with Gasteiger partial charge in [-0.15, -0.1) is 0 Å². The Labute approximate surface area is 177 Å². The zero-order valence-corrected chi connectivity index (χ0v) is 19.2. The standard InChI is InChI=1S/C18H36O2.CH4O3S.Mg/c1-2-3-4-5-6-7-8-9-10-11-12-13-14-15-16-17-18(19)20;1-5(2,3)4;/h2-17H2,1H3,(H,19,20);1H3,(H,2,3,4);/q;;+2/p-2. The Hall–Kier alpha value is 0.146. The average molecular weight is 403 g/mol. The van der Waals surface area contributed by atoms with Crippen molar-refractivity contribution >= 4 is 39.1 Å². The molecule has 0 atom stereocenters. The van der Waals surface area contributed by atoms with Crippen molar-refractivity contribution in [3.63, 3.8) is 0 Å². The maximum atomic E-state index is 10.2. The van der Waals surface area contributed by atoms with Crippen LogP contribution < -0.4 is 5.11 Å². The van der Waals surface area contributed by atoms with Gasteiger partial charge >= 0.3 is 23.1 Å². The van der Waals surface area contributed by atoms with Crippen LogP contribution in [0, 0.1) is 0 Å². The van der Waals surface area contributed by atoms with Gasteiger partial charge < -0.3 is 14.5 Å². The molecule has 0 aliphatic rings. The molecule has 26 heavy (non-hydrogen) atoms. The van der Waals surface area contributed by atoms with Gasteiger partial charge in [-0.05, 0) is 12.8 Å². The van der Waals surface area contributed by atoms with Crippen LogP contribution in [-0.2, 0) is 14.9 Å². The Bertz CT molecular complexity index is 377. The molecule has 0 unspecified atom stereocenters. The molecule has 0 saturated heterocycles. The minimum absolute atomic E-state index is 0. The van der Waals surface area contributed by atoms with E-state index in [-0.39, 0.29) is 29.5 Å². The second-order valence-corrected chi connectivity index (χ2v) is 8.18. The fourth-order valence-corrected chi connectivity index (χ4v) is 2.64. The van der Waals surface area contributed by atoms with Crippen molar-refractivity contribution in [3.05, 3.63) is 0 Å². The van der Waals surface area contributed by atoms with Crippen LogP contribution in [0.25, 0.3) is 0 Å². The molecule has 0 aromatic rings. The molecule has 0 fully saturated rings. The predicted octanol–water partition coefficient (Wildman–Crippen LogP) is 3.78. The smallest absolute Gasteiger partial charge is 0.748 e. The summed E-state index contributed by atoms with van der Waals surface area (Å²) in [5, 5.41) is 10.2. The second-order valence-electron chi connectivity index (χ2n) is 6.78. The summed E-state index contributed by atoms with van der Waals surface area (Å²) in [4.78, 5) is 10.2. The SMILES string of the molecule is CCCCCCCCCCCCCCCCCC(=O)[O-].CS(=O)(=O)[O-].[Mg+2].